The normalized spacial score (nSPS) is 18.5. The Labute approximate surface area is 294 Å². The third kappa shape index (κ3) is 7.54. The Morgan fingerprint density at radius 2 is 1.77 bits per heavy atom. The molecule has 52 heavy (non-hydrogen) atoms. The lowest BCUT2D eigenvalue weighted by molar-refractivity contribution is -0.159. The smallest absolute Gasteiger partial charge is 0.444 e. The fourth-order valence-electron chi connectivity index (χ4n) is 5.13. The van der Waals surface area contributed by atoms with Crippen molar-refractivity contribution in [2.24, 2.45) is 0 Å². The van der Waals surface area contributed by atoms with Crippen LogP contribution in [0.4, 0.5) is 32.4 Å². The Bertz CT molecular complexity index is 2140. The van der Waals surface area contributed by atoms with Crippen LogP contribution < -0.4 is 10.2 Å². The van der Waals surface area contributed by atoms with Crippen LogP contribution in [0, 0.1) is 5.82 Å². The number of allylic oxidation sites excluding steroid dienone is 1. The van der Waals surface area contributed by atoms with E-state index < -0.39 is 79.7 Å². The Hall–Kier alpha value is -5.20. The summed E-state index contributed by atoms with van der Waals surface area (Å²) in [5.41, 5.74) is -4.07. The Kier molecular flexibility index (Phi) is 9.58. The van der Waals surface area contributed by atoms with Crippen molar-refractivity contribution in [3.05, 3.63) is 77.8 Å². The molecule has 1 aliphatic heterocycles. The third-order valence-electron chi connectivity index (χ3n) is 8.22. The zero-order valence-corrected chi connectivity index (χ0v) is 29.4. The summed E-state index contributed by atoms with van der Waals surface area (Å²) in [6, 6.07) is 5.91. The average Bonchev–Trinajstić information content (AvgIpc) is 3.72. The highest BCUT2D eigenvalue weighted by molar-refractivity contribution is 7.91. The standard InChI is InChI=1S/C33H33F5N6O7S/c1-8-32(35)15-22(39-29(46)50-30(2,3)4)26(45)44(16-17-9-11-18(12-10-17)24-40-28(51-43-24)33(36,37)38)23-13-19(21(34)14-20(23)32)25-41-42-27(49-25)31(5,6)52(7,47)48/h8-14,22H,1,15-16H2,2-7H3,(H,39,46)/t22-,32?/m0/s1. The number of aromatic nitrogens is 4. The number of fused-ring (bicyclic) bond motifs is 1. The van der Waals surface area contributed by atoms with E-state index in [2.05, 4.69) is 36.8 Å². The van der Waals surface area contributed by atoms with E-state index in [-0.39, 0.29) is 35.1 Å². The summed E-state index contributed by atoms with van der Waals surface area (Å²) in [5.74, 6) is -4.66. The molecule has 2 aromatic carbocycles. The number of benzene rings is 2. The molecule has 0 fully saturated rings. The van der Waals surface area contributed by atoms with Crippen LogP contribution in [-0.2, 0) is 42.5 Å². The minimum atomic E-state index is -4.86. The summed E-state index contributed by atoms with van der Waals surface area (Å²) in [6.07, 6.45) is -4.81. The number of alkyl carbamates (subject to hydrolysis) is 1. The maximum absolute atomic E-state index is 16.9. The number of ether oxygens (including phenoxy) is 1. The molecular formula is C33H33F5N6O7S. The first-order valence-electron chi connectivity index (χ1n) is 15.4. The molecule has 2 aromatic heterocycles. The molecule has 2 amide bonds. The molecule has 5 rings (SSSR count). The lowest BCUT2D eigenvalue weighted by Crippen LogP contribution is -2.50. The molecule has 0 spiro atoms. The minimum Gasteiger partial charge on any atom is -0.444 e. The molecule has 0 saturated carbocycles. The van der Waals surface area contributed by atoms with Gasteiger partial charge in [0.1, 0.15) is 22.2 Å². The summed E-state index contributed by atoms with van der Waals surface area (Å²) in [7, 11) is -3.79. The van der Waals surface area contributed by atoms with Crippen molar-refractivity contribution >= 4 is 27.5 Å². The van der Waals surface area contributed by atoms with Crippen molar-refractivity contribution in [1.29, 1.82) is 0 Å². The maximum atomic E-state index is 16.9. The number of rotatable bonds is 8. The topological polar surface area (TPSA) is 171 Å². The lowest BCUT2D eigenvalue weighted by Gasteiger charge is -2.27. The predicted molar refractivity (Wildman–Crippen MR) is 174 cm³/mol. The molecule has 0 radical (unpaired) electrons. The van der Waals surface area contributed by atoms with Gasteiger partial charge in [-0.3, -0.25) is 4.79 Å². The molecule has 2 atom stereocenters. The van der Waals surface area contributed by atoms with Crippen molar-refractivity contribution < 1.29 is 53.6 Å². The van der Waals surface area contributed by atoms with Crippen molar-refractivity contribution in [1.82, 2.24) is 25.7 Å². The van der Waals surface area contributed by atoms with E-state index in [1.807, 2.05) is 0 Å². The Morgan fingerprint density at radius 3 is 2.33 bits per heavy atom. The molecule has 1 unspecified atom stereocenters. The molecule has 13 nitrogen and oxygen atoms in total. The number of carbonyl (C=O) groups excluding carboxylic acids is 2. The van der Waals surface area contributed by atoms with Gasteiger partial charge in [0.25, 0.3) is 5.89 Å². The fourth-order valence-corrected chi connectivity index (χ4v) is 5.53. The second-order valence-electron chi connectivity index (χ2n) is 13.6. The molecule has 3 heterocycles. The SMILES string of the molecule is C=CC1(F)C[C@H](NC(=O)OC(C)(C)C)C(=O)N(Cc2ccc(-c3noc(C(F)(F)F)n3)cc2)c2cc(-c3nnc(C(C)(C)S(C)(=O)=O)o3)c(F)cc21. The van der Waals surface area contributed by atoms with E-state index in [1.54, 1.807) is 20.8 Å². The molecule has 1 N–H and O–H groups in total. The highest BCUT2D eigenvalue weighted by atomic mass is 32.2. The highest BCUT2D eigenvalue weighted by Gasteiger charge is 2.46. The van der Waals surface area contributed by atoms with Gasteiger partial charge >= 0.3 is 18.2 Å². The minimum absolute atomic E-state index is 0.137. The number of anilines is 1. The van der Waals surface area contributed by atoms with Gasteiger partial charge in [0.15, 0.2) is 15.5 Å². The van der Waals surface area contributed by atoms with Gasteiger partial charge in [-0.2, -0.15) is 18.2 Å². The monoisotopic (exact) mass is 752 g/mol. The van der Waals surface area contributed by atoms with Crippen molar-refractivity contribution in [3.63, 3.8) is 0 Å². The van der Waals surface area contributed by atoms with Gasteiger partial charge in [0, 0.05) is 23.8 Å². The molecule has 1 aliphatic rings. The van der Waals surface area contributed by atoms with Crippen molar-refractivity contribution in [2.45, 2.75) is 75.8 Å². The van der Waals surface area contributed by atoms with Crippen LogP contribution in [0.1, 0.15) is 63.9 Å². The summed E-state index contributed by atoms with van der Waals surface area (Å²) < 4.78 is 110. The zero-order valence-electron chi connectivity index (χ0n) is 28.6. The molecule has 4 aromatic rings. The number of halogens is 5. The number of alkyl halides is 4. The number of carbonyl (C=O) groups is 2. The van der Waals surface area contributed by atoms with Crippen molar-refractivity contribution in [2.75, 3.05) is 11.2 Å². The number of amides is 2. The first kappa shape index (κ1) is 38.0. The summed E-state index contributed by atoms with van der Waals surface area (Å²) >= 11 is 0. The van der Waals surface area contributed by atoms with Gasteiger partial charge in [-0.15, -0.1) is 10.2 Å². The number of nitrogens with one attached hydrogen (secondary N) is 1. The molecule has 19 heteroatoms. The van der Waals surface area contributed by atoms with Gasteiger partial charge in [0.2, 0.25) is 17.6 Å². The van der Waals surface area contributed by atoms with Gasteiger partial charge in [-0.25, -0.2) is 22.0 Å². The third-order valence-corrected chi connectivity index (χ3v) is 10.3. The average molecular weight is 753 g/mol. The highest BCUT2D eigenvalue weighted by Crippen LogP contribution is 2.45. The summed E-state index contributed by atoms with van der Waals surface area (Å²) in [5, 5.41) is 13.4. The van der Waals surface area contributed by atoms with Crippen LogP contribution in [0.2, 0.25) is 0 Å². The molecular weight excluding hydrogens is 719 g/mol. The van der Waals surface area contributed by atoms with Crippen LogP contribution in [0.3, 0.4) is 0 Å². The second kappa shape index (κ2) is 13.1. The summed E-state index contributed by atoms with van der Waals surface area (Å²) in [6.45, 7) is 10.6. The van der Waals surface area contributed by atoms with Gasteiger partial charge in [-0.05, 0) is 52.3 Å². The van der Waals surface area contributed by atoms with E-state index in [1.165, 1.54) is 38.1 Å². The van der Waals surface area contributed by atoms with E-state index >= 15 is 8.78 Å². The van der Waals surface area contributed by atoms with E-state index in [4.69, 9.17) is 9.15 Å². The van der Waals surface area contributed by atoms with Gasteiger partial charge < -0.3 is 23.9 Å². The maximum Gasteiger partial charge on any atom is 0.471 e. The quantitative estimate of drug-likeness (QED) is 0.156. The largest absolute Gasteiger partial charge is 0.471 e. The van der Waals surface area contributed by atoms with E-state index in [0.717, 1.165) is 29.4 Å². The fraction of sp³-hybridized carbons (Fsp3) is 0.394. The van der Waals surface area contributed by atoms with E-state index in [9.17, 15) is 31.2 Å². The van der Waals surface area contributed by atoms with Crippen LogP contribution in [-0.4, -0.2) is 58.7 Å². The number of hydrogen-bond acceptors (Lipinski definition) is 11. The summed E-state index contributed by atoms with van der Waals surface area (Å²) in [4.78, 5) is 31.5. The van der Waals surface area contributed by atoms with Gasteiger partial charge in [-0.1, -0.05) is 42.1 Å². The number of nitrogens with zero attached hydrogens (tertiary/aromatic N) is 5. The first-order chi connectivity index (χ1) is 23.9. The van der Waals surface area contributed by atoms with Crippen LogP contribution >= 0.6 is 0 Å². The van der Waals surface area contributed by atoms with Crippen LogP contribution in [0.15, 0.2) is 58.0 Å². The Balaban J connectivity index is 1.62. The zero-order chi connectivity index (χ0) is 38.6. The molecule has 0 aliphatic carbocycles. The molecule has 278 valence electrons. The number of sulfone groups is 1. The predicted octanol–water partition coefficient (Wildman–Crippen LogP) is 6.41. The second-order valence-corrected chi connectivity index (χ2v) is 16.1. The van der Waals surface area contributed by atoms with Gasteiger partial charge in [0.05, 0.1) is 17.8 Å². The molecule has 0 bridgehead atoms. The van der Waals surface area contributed by atoms with Crippen molar-refractivity contribution in [3.8, 4) is 22.8 Å². The van der Waals surface area contributed by atoms with Crippen LogP contribution in [0.25, 0.3) is 22.8 Å². The van der Waals surface area contributed by atoms with Crippen LogP contribution in [0.5, 0.6) is 0 Å². The first-order valence-corrected chi connectivity index (χ1v) is 17.3. The van der Waals surface area contributed by atoms with E-state index in [0.29, 0.717) is 5.56 Å². The number of hydrogen-bond donors (Lipinski definition) is 1. The molecule has 0 saturated heterocycles. The Morgan fingerprint density at radius 1 is 1.12 bits per heavy atom. The lowest BCUT2D eigenvalue weighted by atomic mass is 9.88.